The largest absolute Gasteiger partial charge is 0.454 e. The number of nitrogens with zero attached hydrogens (tertiary/aromatic N) is 1. The Labute approximate surface area is 143 Å². The first-order chi connectivity index (χ1) is 11.6. The summed E-state index contributed by atoms with van der Waals surface area (Å²) in [5.41, 5.74) is 5.47. The van der Waals surface area contributed by atoms with Gasteiger partial charge in [-0.05, 0) is 35.7 Å². The Morgan fingerprint density at radius 2 is 1.54 bits per heavy atom. The number of rotatable bonds is 3. The molecule has 0 aliphatic heterocycles. The molecule has 0 amide bonds. The Morgan fingerprint density at radius 1 is 0.833 bits per heavy atom. The molecule has 0 unspecified atom stereocenters. The van der Waals surface area contributed by atoms with Gasteiger partial charge in [0.15, 0.2) is 5.58 Å². The second-order valence-corrected chi connectivity index (χ2v) is 6.56. The molecule has 3 heteroatoms. The van der Waals surface area contributed by atoms with E-state index in [-0.39, 0.29) is 0 Å². The van der Waals surface area contributed by atoms with Crippen molar-refractivity contribution >= 4 is 41.3 Å². The van der Waals surface area contributed by atoms with E-state index in [2.05, 4.69) is 81.2 Å². The number of anilines is 2. The van der Waals surface area contributed by atoms with Crippen molar-refractivity contribution in [2.75, 3.05) is 4.81 Å². The highest BCUT2D eigenvalue weighted by Crippen LogP contribution is 2.36. The van der Waals surface area contributed by atoms with Gasteiger partial charge in [-0.3, -0.25) is 0 Å². The second kappa shape index (κ2) is 5.75. The van der Waals surface area contributed by atoms with Crippen molar-refractivity contribution in [3.05, 3.63) is 72.3 Å². The van der Waals surface area contributed by atoms with Gasteiger partial charge >= 0.3 is 0 Å². The van der Waals surface area contributed by atoms with Crippen LogP contribution >= 0.6 is 0 Å². The third kappa shape index (κ3) is 2.37. The van der Waals surface area contributed by atoms with Crippen LogP contribution in [0.3, 0.4) is 0 Å². The molecule has 1 heterocycles. The minimum Gasteiger partial charge on any atom is -0.454 e. The van der Waals surface area contributed by atoms with Gasteiger partial charge in [0.05, 0.1) is 5.69 Å². The molecule has 0 N–H and O–H groups in total. The van der Waals surface area contributed by atoms with Crippen molar-refractivity contribution in [3.63, 3.8) is 0 Å². The average Bonchev–Trinajstić information content (AvgIpc) is 3.00. The van der Waals surface area contributed by atoms with Crippen LogP contribution in [0.25, 0.3) is 21.9 Å². The molecule has 2 nitrogen and oxygen atoms in total. The number of fused-ring (bicyclic) bond motifs is 3. The van der Waals surface area contributed by atoms with Crippen molar-refractivity contribution in [2.24, 2.45) is 0 Å². The lowest BCUT2D eigenvalue weighted by Crippen LogP contribution is -2.11. The summed E-state index contributed by atoms with van der Waals surface area (Å²) in [5, 5.41) is 2.33. The fourth-order valence-electron chi connectivity index (χ4n) is 3.22. The quantitative estimate of drug-likeness (QED) is 0.471. The predicted octanol–water partition coefficient (Wildman–Crippen LogP) is 5.40. The highest BCUT2D eigenvalue weighted by atomic mass is 16.3. The van der Waals surface area contributed by atoms with Crippen molar-refractivity contribution < 1.29 is 4.42 Å². The second-order valence-electron chi connectivity index (χ2n) is 6.56. The van der Waals surface area contributed by atoms with Crippen molar-refractivity contribution in [2.45, 2.75) is 19.8 Å². The third-order valence-electron chi connectivity index (χ3n) is 4.69. The highest BCUT2D eigenvalue weighted by molar-refractivity contribution is 6.25. The highest BCUT2D eigenvalue weighted by Gasteiger charge is 2.14. The van der Waals surface area contributed by atoms with E-state index in [0.29, 0.717) is 5.92 Å². The molecule has 0 radical (unpaired) electrons. The summed E-state index contributed by atoms with van der Waals surface area (Å²) in [6, 6.07) is 23.3. The molecular formula is C21H20BNO. The molecule has 0 fully saturated rings. The zero-order valence-electron chi connectivity index (χ0n) is 14.3. The molecule has 24 heavy (non-hydrogen) atoms. The molecule has 0 saturated heterocycles. The molecule has 4 rings (SSSR count). The van der Waals surface area contributed by atoms with Crippen molar-refractivity contribution in [1.29, 1.82) is 0 Å². The van der Waals surface area contributed by atoms with E-state index in [1.165, 1.54) is 5.56 Å². The topological polar surface area (TPSA) is 16.4 Å². The van der Waals surface area contributed by atoms with E-state index in [9.17, 15) is 0 Å². The van der Waals surface area contributed by atoms with Crippen LogP contribution in [0, 0.1) is 0 Å². The Bertz CT molecular complexity index is 1000. The summed E-state index contributed by atoms with van der Waals surface area (Å²) in [6.45, 7) is 4.43. The first-order valence-electron chi connectivity index (χ1n) is 8.39. The van der Waals surface area contributed by atoms with Gasteiger partial charge in [0, 0.05) is 16.5 Å². The van der Waals surface area contributed by atoms with Crippen LogP contribution in [-0.2, 0) is 0 Å². The third-order valence-corrected chi connectivity index (χ3v) is 4.69. The van der Waals surface area contributed by atoms with Gasteiger partial charge < -0.3 is 9.23 Å². The summed E-state index contributed by atoms with van der Waals surface area (Å²) in [5.74, 6) is 0.545. The van der Waals surface area contributed by atoms with Crippen LogP contribution in [0.15, 0.2) is 71.1 Å². The van der Waals surface area contributed by atoms with Gasteiger partial charge in [-0.15, -0.1) is 0 Å². The molecule has 0 atom stereocenters. The fourth-order valence-corrected chi connectivity index (χ4v) is 3.22. The molecule has 118 valence electrons. The SMILES string of the molecule is BN(c1ccc(C(C)C)cc1)c1cccc2c1oc1ccccc12. The maximum Gasteiger partial charge on any atom is 0.223 e. The van der Waals surface area contributed by atoms with E-state index >= 15 is 0 Å². The number of hydrogen-bond donors (Lipinski definition) is 0. The van der Waals surface area contributed by atoms with Gasteiger partial charge in [-0.2, -0.15) is 0 Å². The van der Waals surface area contributed by atoms with Crippen molar-refractivity contribution in [1.82, 2.24) is 0 Å². The van der Waals surface area contributed by atoms with Crippen LogP contribution in [-0.4, -0.2) is 7.98 Å². The van der Waals surface area contributed by atoms with E-state index in [4.69, 9.17) is 4.42 Å². The number of furan rings is 1. The molecule has 0 aliphatic carbocycles. The van der Waals surface area contributed by atoms with Crippen LogP contribution in [0.5, 0.6) is 0 Å². The van der Waals surface area contributed by atoms with E-state index in [0.717, 1.165) is 33.3 Å². The molecule has 3 aromatic carbocycles. The molecule has 0 spiro atoms. The minimum absolute atomic E-state index is 0.545. The maximum absolute atomic E-state index is 6.15. The molecule has 0 bridgehead atoms. The van der Waals surface area contributed by atoms with Crippen molar-refractivity contribution in [3.8, 4) is 0 Å². The summed E-state index contributed by atoms with van der Waals surface area (Å²) < 4.78 is 6.15. The average molecular weight is 313 g/mol. The van der Waals surface area contributed by atoms with Gasteiger partial charge in [0.25, 0.3) is 0 Å². The Balaban J connectivity index is 1.83. The van der Waals surface area contributed by atoms with Gasteiger partial charge in [0.1, 0.15) is 5.58 Å². The maximum atomic E-state index is 6.15. The van der Waals surface area contributed by atoms with Gasteiger partial charge in [-0.1, -0.05) is 56.3 Å². The fraction of sp³-hybridized carbons (Fsp3) is 0.143. The Hall–Kier alpha value is -2.68. The van der Waals surface area contributed by atoms with Crippen LogP contribution in [0.2, 0.25) is 0 Å². The lowest BCUT2D eigenvalue weighted by atomic mass is 10.0. The minimum atomic E-state index is 0.545. The van der Waals surface area contributed by atoms with E-state index in [1.807, 2.05) is 12.1 Å². The van der Waals surface area contributed by atoms with Crippen LogP contribution in [0.1, 0.15) is 25.3 Å². The Kier molecular flexibility index (Phi) is 3.57. The Morgan fingerprint density at radius 3 is 2.29 bits per heavy atom. The number of hydrogen-bond acceptors (Lipinski definition) is 2. The summed E-state index contributed by atoms with van der Waals surface area (Å²) in [6.07, 6.45) is 0. The normalized spacial score (nSPS) is 11.5. The molecule has 4 aromatic rings. The standard InChI is InChI=1S/C21H20BNO/c1-14(2)15-10-12-16(13-11-15)23(22)19-8-5-7-18-17-6-3-4-9-20(17)24-21(18)19/h3-14H,22H2,1-2H3. The first-order valence-corrected chi connectivity index (χ1v) is 8.39. The number of benzene rings is 3. The van der Waals surface area contributed by atoms with Gasteiger partial charge in [-0.25, -0.2) is 0 Å². The lowest BCUT2D eigenvalue weighted by Gasteiger charge is -2.21. The summed E-state index contributed by atoms with van der Waals surface area (Å²) >= 11 is 0. The predicted molar refractivity (Wildman–Crippen MR) is 105 cm³/mol. The van der Waals surface area contributed by atoms with Crippen LogP contribution < -0.4 is 4.81 Å². The molecule has 1 aromatic heterocycles. The van der Waals surface area contributed by atoms with E-state index < -0.39 is 0 Å². The summed E-state index contributed by atoms with van der Waals surface area (Å²) in [4.78, 5) is 2.19. The first kappa shape index (κ1) is 14.9. The smallest absolute Gasteiger partial charge is 0.223 e. The zero-order chi connectivity index (χ0) is 16.7. The summed E-state index contributed by atoms with van der Waals surface area (Å²) in [7, 11) is 2.09. The number of para-hydroxylation sites is 2. The molecule has 0 saturated carbocycles. The monoisotopic (exact) mass is 313 g/mol. The molecule has 0 aliphatic rings. The van der Waals surface area contributed by atoms with E-state index in [1.54, 1.807) is 0 Å². The van der Waals surface area contributed by atoms with Gasteiger partial charge in [0.2, 0.25) is 7.98 Å². The molecular weight excluding hydrogens is 293 g/mol. The van der Waals surface area contributed by atoms with Crippen LogP contribution in [0.4, 0.5) is 11.4 Å². The zero-order valence-corrected chi connectivity index (χ0v) is 14.3. The lowest BCUT2D eigenvalue weighted by molar-refractivity contribution is 0.669.